The third kappa shape index (κ3) is 2.76. The lowest BCUT2D eigenvalue weighted by molar-refractivity contribution is 0.0525. The molecule has 0 aromatic carbocycles. The van der Waals surface area contributed by atoms with Gasteiger partial charge in [0.1, 0.15) is 5.82 Å². The van der Waals surface area contributed by atoms with E-state index in [-0.39, 0.29) is 12.0 Å². The van der Waals surface area contributed by atoms with Crippen molar-refractivity contribution in [1.82, 2.24) is 14.6 Å². The van der Waals surface area contributed by atoms with Crippen molar-refractivity contribution in [3.05, 3.63) is 29.7 Å². The van der Waals surface area contributed by atoms with Crippen molar-refractivity contribution in [3.8, 4) is 0 Å². The number of rotatable bonds is 3. The highest BCUT2D eigenvalue weighted by Crippen LogP contribution is 2.31. The molecular weight excluding hydrogens is 268 g/mol. The van der Waals surface area contributed by atoms with E-state index in [0.717, 1.165) is 37.2 Å². The van der Waals surface area contributed by atoms with E-state index in [2.05, 4.69) is 10.2 Å². The first-order valence-electron chi connectivity index (χ1n) is 7.46. The number of carbonyl (C=O) groups is 1. The van der Waals surface area contributed by atoms with Crippen molar-refractivity contribution in [2.75, 3.05) is 6.61 Å². The van der Waals surface area contributed by atoms with Crippen LogP contribution in [-0.2, 0) is 4.74 Å². The van der Waals surface area contributed by atoms with Gasteiger partial charge < -0.3 is 10.5 Å². The van der Waals surface area contributed by atoms with Crippen LogP contribution in [0.2, 0.25) is 0 Å². The summed E-state index contributed by atoms with van der Waals surface area (Å²) in [4.78, 5) is 11.9. The number of ether oxygens (including phenoxy) is 1. The summed E-state index contributed by atoms with van der Waals surface area (Å²) >= 11 is 0. The van der Waals surface area contributed by atoms with Crippen molar-refractivity contribution in [2.24, 2.45) is 5.73 Å². The van der Waals surface area contributed by atoms with Gasteiger partial charge in [0.2, 0.25) is 0 Å². The van der Waals surface area contributed by atoms with Crippen LogP contribution in [0, 0.1) is 0 Å². The Labute approximate surface area is 123 Å². The Hall–Kier alpha value is -1.95. The van der Waals surface area contributed by atoms with Crippen LogP contribution in [0.1, 0.15) is 54.7 Å². The number of esters is 1. The average Bonchev–Trinajstić information content (AvgIpc) is 2.90. The van der Waals surface area contributed by atoms with E-state index in [1.807, 2.05) is 4.40 Å². The van der Waals surface area contributed by atoms with Crippen molar-refractivity contribution in [1.29, 1.82) is 0 Å². The van der Waals surface area contributed by atoms with Crippen LogP contribution < -0.4 is 5.73 Å². The fourth-order valence-corrected chi connectivity index (χ4v) is 2.98. The van der Waals surface area contributed by atoms with Crippen molar-refractivity contribution in [3.63, 3.8) is 0 Å². The molecule has 0 amide bonds. The molecule has 1 saturated carbocycles. The second kappa shape index (κ2) is 5.81. The summed E-state index contributed by atoms with van der Waals surface area (Å²) in [6, 6.07) is 3.74. The van der Waals surface area contributed by atoms with Crippen LogP contribution in [0.4, 0.5) is 0 Å². The molecular formula is C15H20N4O2. The van der Waals surface area contributed by atoms with Crippen LogP contribution >= 0.6 is 0 Å². The highest BCUT2D eigenvalue weighted by molar-refractivity contribution is 5.89. The van der Waals surface area contributed by atoms with Crippen molar-refractivity contribution in [2.45, 2.75) is 44.6 Å². The van der Waals surface area contributed by atoms with Crippen LogP contribution in [-0.4, -0.2) is 33.2 Å². The van der Waals surface area contributed by atoms with Crippen LogP contribution in [0.3, 0.4) is 0 Å². The number of pyridine rings is 1. The quantitative estimate of drug-likeness (QED) is 0.872. The number of fused-ring (bicyclic) bond motifs is 1. The van der Waals surface area contributed by atoms with Gasteiger partial charge in [-0.3, -0.25) is 4.40 Å². The predicted molar refractivity (Wildman–Crippen MR) is 78.1 cm³/mol. The maximum absolute atomic E-state index is 11.9. The predicted octanol–water partition coefficient (Wildman–Crippen LogP) is 1.89. The van der Waals surface area contributed by atoms with Gasteiger partial charge in [0.05, 0.1) is 12.2 Å². The van der Waals surface area contributed by atoms with Gasteiger partial charge in [0.15, 0.2) is 5.65 Å². The van der Waals surface area contributed by atoms with E-state index in [4.69, 9.17) is 10.5 Å². The fraction of sp³-hybridized carbons (Fsp3) is 0.533. The molecule has 2 heterocycles. The number of hydrogen-bond donors (Lipinski definition) is 1. The molecule has 0 saturated heterocycles. The first-order chi connectivity index (χ1) is 10.2. The maximum atomic E-state index is 11.9. The fourth-order valence-electron chi connectivity index (χ4n) is 2.98. The molecule has 21 heavy (non-hydrogen) atoms. The molecule has 2 atom stereocenters. The van der Waals surface area contributed by atoms with Gasteiger partial charge in [-0.15, -0.1) is 10.2 Å². The monoisotopic (exact) mass is 288 g/mol. The summed E-state index contributed by atoms with van der Waals surface area (Å²) in [5, 5.41) is 8.49. The molecule has 2 aromatic rings. The zero-order valence-corrected chi connectivity index (χ0v) is 12.2. The standard InChI is InChI=1S/C15H20N4O2/c1-2-21-15(20)11-6-7-13-17-18-14(19(13)9-11)10-4-3-5-12(16)8-10/h6-7,9-10,12H,2-5,8,16H2,1H3/t10-,12+/m0/s1. The molecule has 1 aliphatic rings. The van der Waals surface area contributed by atoms with Crippen LogP contribution in [0.25, 0.3) is 5.65 Å². The van der Waals surface area contributed by atoms with E-state index in [9.17, 15) is 4.79 Å². The average molecular weight is 288 g/mol. The molecule has 6 nitrogen and oxygen atoms in total. The highest BCUT2D eigenvalue weighted by atomic mass is 16.5. The number of aromatic nitrogens is 3. The number of nitrogens with zero attached hydrogens (tertiary/aromatic N) is 3. The van der Waals surface area contributed by atoms with Crippen LogP contribution in [0.15, 0.2) is 18.3 Å². The second-order valence-corrected chi connectivity index (χ2v) is 5.55. The largest absolute Gasteiger partial charge is 0.462 e. The molecule has 1 aliphatic carbocycles. The molecule has 3 rings (SSSR count). The topological polar surface area (TPSA) is 82.5 Å². The molecule has 0 radical (unpaired) electrons. The zero-order chi connectivity index (χ0) is 14.8. The lowest BCUT2D eigenvalue weighted by atomic mass is 9.85. The minimum Gasteiger partial charge on any atom is -0.462 e. The summed E-state index contributed by atoms with van der Waals surface area (Å²) in [7, 11) is 0. The molecule has 2 aromatic heterocycles. The minimum atomic E-state index is -0.320. The zero-order valence-electron chi connectivity index (χ0n) is 12.2. The van der Waals surface area contributed by atoms with Gasteiger partial charge in [0.25, 0.3) is 0 Å². The SMILES string of the molecule is CCOC(=O)c1ccc2nnc([C@H]3CCC[C@@H](N)C3)n2c1. The summed E-state index contributed by atoms with van der Waals surface area (Å²) in [6.45, 7) is 2.16. The summed E-state index contributed by atoms with van der Waals surface area (Å²) in [5.41, 5.74) is 7.33. The number of carbonyl (C=O) groups excluding carboxylic acids is 1. The Balaban J connectivity index is 1.95. The first kappa shape index (κ1) is 14.0. The first-order valence-corrected chi connectivity index (χ1v) is 7.46. The van der Waals surface area contributed by atoms with Gasteiger partial charge in [-0.1, -0.05) is 6.42 Å². The van der Waals surface area contributed by atoms with Gasteiger partial charge >= 0.3 is 5.97 Å². The third-order valence-corrected chi connectivity index (χ3v) is 4.02. The minimum absolute atomic E-state index is 0.226. The maximum Gasteiger partial charge on any atom is 0.339 e. The summed E-state index contributed by atoms with van der Waals surface area (Å²) < 4.78 is 6.94. The Morgan fingerprint density at radius 2 is 2.29 bits per heavy atom. The number of nitrogens with two attached hydrogens (primary N) is 1. The third-order valence-electron chi connectivity index (χ3n) is 4.02. The molecule has 6 heteroatoms. The Kier molecular flexibility index (Phi) is 3.88. The van der Waals surface area contributed by atoms with E-state index in [1.54, 1.807) is 25.3 Å². The second-order valence-electron chi connectivity index (χ2n) is 5.55. The van der Waals surface area contributed by atoms with Crippen LogP contribution in [0.5, 0.6) is 0 Å². The van der Waals surface area contributed by atoms with E-state index >= 15 is 0 Å². The van der Waals surface area contributed by atoms with Gasteiger partial charge in [-0.2, -0.15) is 0 Å². The highest BCUT2D eigenvalue weighted by Gasteiger charge is 2.25. The van der Waals surface area contributed by atoms with E-state index in [0.29, 0.717) is 18.1 Å². The molecule has 0 bridgehead atoms. The molecule has 2 N–H and O–H groups in total. The Bertz CT molecular complexity index is 652. The lowest BCUT2D eigenvalue weighted by Crippen LogP contribution is -2.27. The smallest absolute Gasteiger partial charge is 0.339 e. The molecule has 0 spiro atoms. The Morgan fingerprint density at radius 1 is 1.43 bits per heavy atom. The van der Waals surface area contributed by atoms with Gasteiger partial charge in [0, 0.05) is 18.2 Å². The summed E-state index contributed by atoms with van der Waals surface area (Å²) in [5.74, 6) is 0.881. The van der Waals surface area contributed by atoms with E-state index in [1.165, 1.54) is 0 Å². The van der Waals surface area contributed by atoms with Crippen molar-refractivity contribution >= 4 is 11.6 Å². The van der Waals surface area contributed by atoms with Crippen molar-refractivity contribution < 1.29 is 9.53 Å². The van der Waals surface area contributed by atoms with Gasteiger partial charge in [-0.05, 0) is 38.3 Å². The van der Waals surface area contributed by atoms with E-state index < -0.39 is 0 Å². The normalized spacial score (nSPS) is 22.4. The van der Waals surface area contributed by atoms with Gasteiger partial charge in [-0.25, -0.2) is 4.79 Å². The summed E-state index contributed by atoms with van der Waals surface area (Å²) in [6.07, 6.45) is 5.94. The molecule has 0 unspecified atom stereocenters. The number of hydrogen-bond acceptors (Lipinski definition) is 5. The molecule has 112 valence electrons. The lowest BCUT2D eigenvalue weighted by Gasteiger charge is -2.25. The Morgan fingerprint density at radius 3 is 3.05 bits per heavy atom. The molecule has 1 fully saturated rings. The molecule has 0 aliphatic heterocycles.